The smallest absolute Gasteiger partial charge is 0.253 e. The summed E-state index contributed by atoms with van der Waals surface area (Å²) >= 11 is 6.05. The zero-order valence-corrected chi connectivity index (χ0v) is 17.5. The van der Waals surface area contributed by atoms with E-state index in [2.05, 4.69) is 16.0 Å². The number of halogens is 1. The molecule has 0 aliphatic rings. The molecule has 0 aliphatic heterocycles. The average molecular weight is 416 g/mol. The number of benzene rings is 2. The number of hydrogen-bond acceptors (Lipinski definition) is 3. The van der Waals surface area contributed by atoms with Gasteiger partial charge in [-0.25, -0.2) is 0 Å². The van der Waals surface area contributed by atoms with Crippen LogP contribution in [0.15, 0.2) is 48.5 Å². The molecule has 3 amide bonds. The van der Waals surface area contributed by atoms with Crippen LogP contribution in [0.25, 0.3) is 0 Å². The second-order valence-electron chi connectivity index (χ2n) is 6.95. The fourth-order valence-corrected chi connectivity index (χ4v) is 3.04. The second-order valence-corrected chi connectivity index (χ2v) is 7.36. The monoisotopic (exact) mass is 415 g/mol. The highest BCUT2D eigenvalue weighted by Gasteiger charge is 2.25. The molecule has 0 radical (unpaired) electrons. The first kappa shape index (κ1) is 22.4. The number of amides is 3. The number of anilines is 1. The van der Waals surface area contributed by atoms with Gasteiger partial charge in [0.05, 0.1) is 17.1 Å². The van der Waals surface area contributed by atoms with E-state index in [9.17, 15) is 14.4 Å². The molecule has 7 heteroatoms. The fraction of sp³-hybridized carbons (Fsp3) is 0.318. The highest BCUT2D eigenvalue weighted by Crippen LogP contribution is 2.16. The summed E-state index contributed by atoms with van der Waals surface area (Å²) in [6, 6.07) is 13.3. The van der Waals surface area contributed by atoms with Gasteiger partial charge in [0.2, 0.25) is 11.8 Å². The van der Waals surface area contributed by atoms with Gasteiger partial charge in [-0.05, 0) is 36.1 Å². The van der Waals surface area contributed by atoms with Crippen molar-refractivity contribution in [1.82, 2.24) is 10.6 Å². The Bertz CT molecular complexity index is 883. The average Bonchev–Trinajstić information content (AvgIpc) is 2.70. The van der Waals surface area contributed by atoms with Crippen molar-refractivity contribution < 1.29 is 14.4 Å². The summed E-state index contributed by atoms with van der Waals surface area (Å²) in [4.78, 5) is 37.3. The quantitative estimate of drug-likeness (QED) is 0.617. The standard InChI is InChI=1S/C22H26ClN3O3/c1-4-15-9-5-8-12-18(15)25-19(27)13-24-22(29)20(14(2)3)26-21(28)16-10-6-7-11-17(16)23/h5-12,14,20H,4,13H2,1-3H3,(H,24,29)(H,25,27)(H,26,28). The van der Waals surface area contributed by atoms with E-state index >= 15 is 0 Å². The zero-order chi connectivity index (χ0) is 21.4. The number of rotatable bonds is 8. The lowest BCUT2D eigenvalue weighted by Crippen LogP contribution is -2.51. The van der Waals surface area contributed by atoms with Crippen LogP contribution in [0.2, 0.25) is 5.02 Å². The minimum atomic E-state index is -0.797. The molecule has 0 bridgehead atoms. The van der Waals surface area contributed by atoms with Gasteiger partial charge in [-0.3, -0.25) is 14.4 Å². The van der Waals surface area contributed by atoms with E-state index in [1.165, 1.54) is 0 Å². The van der Waals surface area contributed by atoms with Gasteiger partial charge in [0, 0.05) is 5.69 Å². The molecular weight excluding hydrogens is 390 g/mol. The van der Waals surface area contributed by atoms with Gasteiger partial charge in [0.1, 0.15) is 6.04 Å². The Kier molecular flexibility index (Phi) is 8.21. The summed E-state index contributed by atoms with van der Waals surface area (Å²) in [7, 11) is 0. The molecule has 0 aromatic heterocycles. The molecule has 0 spiro atoms. The Morgan fingerprint density at radius 2 is 1.66 bits per heavy atom. The first-order valence-corrected chi connectivity index (χ1v) is 9.92. The Morgan fingerprint density at radius 3 is 2.31 bits per heavy atom. The van der Waals surface area contributed by atoms with Gasteiger partial charge < -0.3 is 16.0 Å². The van der Waals surface area contributed by atoms with E-state index in [-0.39, 0.29) is 18.4 Å². The molecular formula is C22H26ClN3O3. The minimum Gasteiger partial charge on any atom is -0.345 e. The van der Waals surface area contributed by atoms with Crippen LogP contribution in [-0.4, -0.2) is 30.3 Å². The lowest BCUT2D eigenvalue weighted by Gasteiger charge is -2.22. The van der Waals surface area contributed by atoms with E-state index in [0.29, 0.717) is 10.6 Å². The van der Waals surface area contributed by atoms with Gasteiger partial charge in [0.25, 0.3) is 5.91 Å². The maximum absolute atomic E-state index is 12.6. The summed E-state index contributed by atoms with van der Waals surface area (Å²) in [6.07, 6.45) is 0.784. The third kappa shape index (κ3) is 6.32. The number of aryl methyl sites for hydroxylation is 1. The molecule has 1 atom stereocenters. The van der Waals surface area contributed by atoms with E-state index < -0.39 is 17.9 Å². The zero-order valence-electron chi connectivity index (χ0n) is 16.8. The Balaban J connectivity index is 1.96. The predicted octanol–water partition coefficient (Wildman–Crippen LogP) is 3.41. The molecule has 2 aromatic rings. The number of nitrogens with one attached hydrogen (secondary N) is 3. The number of carbonyl (C=O) groups excluding carboxylic acids is 3. The van der Waals surface area contributed by atoms with Crippen molar-refractivity contribution in [2.75, 3.05) is 11.9 Å². The topological polar surface area (TPSA) is 87.3 Å². The lowest BCUT2D eigenvalue weighted by molar-refractivity contribution is -0.126. The van der Waals surface area contributed by atoms with E-state index in [0.717, 1.165) is 17.7 Å². The van der Waals surface area contributed by atoms with Crippen molar-refractivity contribution in [3.8, 4) is 0 Å². The van der Waals surface area contributed by atoms with Crippen LogP contribution in [-0.2, 0) is 16.0 Å². The Morgan fingerprint density at radius 1 is 1.00 bits per heavy atom. The SMILES string of the molecule is CCc1ccccc1NC(=O)CNC(=O)C(NC(=O)c1ccccc1Cl)C(C)C. The molecule has 2 rings (SSSR count). The van der Waals surface area contributed by atoms with Crippen molar-refractivity contribution in [2.45, 2.75) is 33.2 Å². The highest BCUT2D eigenvalue weighted by atomic mass is 35.5. The van der Waals surface area contributed by atoms with Gasteiger partial charge >= 0.3 is 0 Å². The summed E-state index contributed by atoms with van der Waals surface area (Å²) in [5, 5.41) is 8.40. The first-order valence-electron chi connectivity index (χ1n) is 9.54. The predicted molar refractivity (Wildman–Crippen MR) is 115 cm³/mol. The van der Waals surface area contributed by atoms with Crippen molar-refractivity contribution >= 4 is 35.0 Å². The minimum absolute atomic E-state index is 0.176. The highest BCUT2D eigenvalue weighted by molar-refractivity contribution is 6.33. The molecule has 3 N–H and O–H groups in total. The molecule has 0 saturated carbocycles. The molecule has 1 unspecified atom stereocenters. The van der Waals surface area contributed by atoms with E-state index in [4.69, 9.17) is 11.6 Å². The third-order valence-electron chi connectivity index (χ3n) is 4.45. The molecule has 0 fully saturated rings. The van der Waals surface area contributed by atoms with Crippen molar-refractivity contribution in [3.05, 3.63) is 64.7 Å². The van der Waals surface area contributed by atoms with Crippen LogP contribution in [0.5, 0.6) is 0 Å². The summed E-state index contributed by atoms with van der Waals surface area (Å²) < 4.78 is 0. The molecule has 0 heterocycles. The molecule has 29 heavy (non-hydrogen) atoms. The van der Waals surface area contributed by atoms with Gasteiger partial charge in [-0.2, -0.15) is 0 Å². The summed E-state index contributed by atoms with van der Waals surface area (Å²) in [5.41, 5.74) is 2.03. The van der Waals surface area contributed by atoms with E-state index in [1.807, 2.05) is 45.0 Å². The van der Waals surface area contributed by atoms with Crippen LogP contribution in [0.4, 0.5) is 5.69 Å². The normalized spacial score (nSPS) is 11.6. The molecule has 0 saturated heterocycles. The Hall–Kier alpha value is -2.86. The summed E-state index contributed by atoms with van der Waals surface area (Å²) in [5.74, 6) is -1.38. The first-order chi connectivity index (χ1) is 13.8. The number of carbonyl (C=O) groups is 3. The fourth-order valence-electron chi connectivity index (χ4n) is 2.82. The summed E-state index contributed by atoms with van der Waals surface area (Å²) in [6.45, 7) is 5.44. The maximum atomic E-state index is 12.6. The van der Waals surface area contributed by atoms with Crippen LogP contribution < -0.4 is 16.0 Å². The van der Waals surface area contributed by atoms with Crippen molar-refractivity contribution in [1.29, 1.82) is 0 Å². The van der Waals surface area contributed by atoms with Crippen LogP contribution >= 0.6 is 11.6 Å². The lowest BCUT2D eigenvalue weighted by atomic mass is 10.0. The number of hydrogen-bond donors (Lipinski definition) is 3. The molecule has 6 nitrogen and oxygen atoms in total. The Labute approximate surface area is 176 Å². The third-order valence-corrected chi connectivity index (χ3v) is 4.78. The molecule has 154 valence electrons. The van der Waals surface area contributed by atoms with Crippen molar-refractivity contribution in [2.24, 2.45) is 5.92 Å². The maximum Gasteiger partial charge on any atom is 0.253 e. The molecule has 0 aliphatic carbocycles. The van der Waals surface area contributed by atoms with E-state index in [1.54, 1.807) is 24.3 Å². The largest absolute Gasteiger partial charge is 0.345 e. The van der Waals surface area contributed by atoms with Crippen LogP contribution in [0, 0.1) is 5.92 Å². The number of para-hydroxylation sites is 1. The van der Waals surface area contributed by atoms with Crippen LogP contribution in [0.1, 0.15) is 36.7 Å². The van der Waals surface area contributed by atoms with Crippen LogP contribution in [0.3, 0.4) is 0 Å². The van der Waals surface area contributed by atoms with Gasteiger partial charge in [0.15, 0.2) is 0 Å². The van der Waals surface area contributed by atoms with Gasteiger partial charge in [-0.1, -0.05) is 62.7 Å². The molecule has 2 aromatic carbocycles. The van der Waals surface area contributed by atoms with Crippen molar-refractivity contribution in [3.63, 3.8) is 0 Å². The van der Waals surface area contributed by atoms with Gasteiger partial charge in [-0.15, -0.1) is 0 Å². The second kappa shape index (κ2) is 10.6.